The van der Waals surface area contributed by atoms with E-state index < -0.39 is 0 Å². The molecule has 2 aliphatic rings. The minimum Gasteiger partial charge on any atom is -0.497 e. The lowest BCUT2D eigenvalue weighted by Crippen LogP contribution is -2.53. The molecule has 0 spiro atoms. The summed E-state index contributed by atoms with van der Waals surface area (Å²) >= 11 is 0. The van der Waals surface area contributed by atoms with E-state index in [1.54, 1.807) is 13.4 Å². The Bertz CT molecular complexity index is 829. The highest BCUT2D eigenvalue weighted by Crippen LogP contribution is 2.25. The minimum atomic E-state index is 0.0799. The third-order valence-corrected chi connectivity index (χ3v) is 5.84. The van der Waals surface area contributed by atoms with Crippen molar-refractivity contribution < 1.29 is 9.53 Å². The molecule has 4 rings (SSSR count). The highest BCUT2D eigenvalue weighted by Gasteiger charge is 2.24. The van der Waals surface area contributed by atoms with Gasteiger partial charge in [-0.15, -0.1) is 0 Å². The summed E-state index contributed by atoms with van der Waals surface area (Å²) in [6.45, 7) is 2.95. The number of benzene rings is 1. The molecule has 1 saturated carbocycles. The first-order chi connectivity index (χ1) is 14.2. The number of carbonyl (C=O) groups excluding carboxylic acids is 1. The maximum Gasteiger partial charge on any atom is 0.317 e. The second kappa shape index (κ2) is 9.11. The van der Waals surface area contributed by atoms with Crippen LogP contribution in [0.15, 0.2) is 36.7 Å². The monoisotopic (exact) mass is 395 g/mol. The zero-order chi connectivity index (χ0) is 20.1. The maximum absolute atomic E-state index is 12.6. The van der Waals surface area contributed by atoms with E-state index in [-0.39, 0.29) is 6.03 Å². The molecule has 1 aliphatic heterocycles. The van der Waals surface area contributed by atoms with Crippen LogP contribution in [0.25, 0.3) is 11.3 Å². The standard InChI is InChI=1S/C22H29N5O2/c1-29-19-9-5-6-17(14-19)20-15-21(24-16-23-20)26-10-12-27(13-11-26)22(28)25-18-7-3-2-4-8-18/h5-6,9,14-16,18H,2-4,7-8,10-13H2,1H3,(H,25,28). The van der Waals surface area contributed by atoms with E-state index >= 15 is 0 Å². The quantitative estimate of drug-likeness (QED) is 0.860. The van der Waals surface area contributed by atoms with E-state index in [0.717, 1.165) is 48.8 Å². The number of hydrogen-bond acceptors (Lipinski definition) is 5. The van der Waals surface area contributed by atoms with Crippen LogP contribution in [0.4, 0.5) is 10.6 Å². The number of amides is 2. The summed E-state index contributed by atoms with van der Waals surface area (Å²) in [6, 6.07) is 10.3. The third-order valence-electron chi connectivity index (χ3n) is 5.84. The Balaban J connectivity index is 1.36. The molecule has 0 radical (unpaired) electrons. The minimum absolute atomic E-state index is 0.0799. The number of nitrogens with one attached hydrogen (secondary N) is 1. The number of hydrogen-bond donors (Lipinski definition) is 1. The molecule has 0 atom stereocenters. The van der Waals surface area contributed by atoms with Gasteiger partial charge in [0.25, 0.3) is 0 Å². The molecule has 29 heavy (non-hydrogen) atoms. The number of anilines is 1. The Morgan fingerprint density at radius 2 is 1.86 bits per heavy atom. The fraction of sp³-hybridized carbons (Fsp3) is 0.500. The Morgan fingerprint density at radius 1 is 1.07 bits per heavy atom. The predicted molar refractivity (Wildman–Crippen MR) is 113 cm³/mol. The lowest BCUT2D eigenvalue weighted by molar-refractivity contribution is 0.186. The summed E-state index contributed by atoms with van der Waals surface area (Å²) in [5.41, 5.74) is 1.87. The second-order valence-electron chi connectivity index (χ2n) is 7.75. The SMILES string of the molecule is COc1cccc(-c2cc(N3CCN(C(=O)NC4CCCCC4)CC3)ncn2)c1. The highest BCUT2D eigenvalue weighted by molar-refractivity contribution is 5.75. The van der Waals surface area contributed by atoms with Crippen molar-refractivity contribution in [2.45, 2.75) is 38.1 Å². The van der Waals surface area contributed by atoms with Crippen LogP contribution >= 0.6 is 0 Å². The summed E-state index contributed by atoms with van der Waals surface area (Å²) in [5, 5.41) is 3.22. The van der Waals surface area contributed by atoms with Crippen LogP contribution in [0.3, 0.4) is 0 Å². The first kappa shape index (κ1) is 19.5. The van der Waals surface area contributed by atoms with Crippen LogP contribution in [0, 0.1) is 0 Å². The van der Waals surface area contributed by atoms with Gasteiger partial charge in [-0.3, -0.25) is 0 Å². The lowest BCUT2D eigenvalue weighted by atomic mass is 9.96. The first-order valence-corrected chi connectivity index (χ1v) is 10.5. The van der Waals surface area contributed by atoms with Crippen LogP contribution in [-0.2, 0) is 0 Å². The summed E-state index contributed by atoms with van der Waals surface area (Å²) < 4.78 is 5.31. The maximum atomic E-state index is 12.6. The Hall–Kier alpha value is -2.83. The third kappa shape index (κ3) is 4.78. The van der Waals surface area contributed by atoms with Crippen molar-refractivity contribution in [2.75, 3.05) is 38.2 Å². The van der Waals surface area contributed by atoms with E-state index in [9.17, 15) is 4.79 Å². The summed E-state index contributed by atoms with van der Waals surface area (Å²) in [6.07, 6.45) is 7.57. The van der Waals surface area contributed by atoms with Gasteiger partial charge in [-0.25, -0.2) is 14.8 Å². The van der Waals surface area contributed by atoms with Crippen molar-refractivity contribution in [1.29, 1.82) is 0 Å². The van der Waals surface area contributed by atoms with E-state index in [0.29, 0.717) is 19.1 Å². The molecule has 0 bridgehead atoms. The average Bonchev–Trinajstić information content (AvgIpc) is 2.80. The molecule has 1 N–H and O–H groups in total. The van der Waals surface area contributed by atoms with Crippen LogP contribution in [-0.4, -0.2) is 60.2 Å². The first-order valence-electron chi connectivity index (χ1n) is 10.5. The Labute approximate surface area is 172 Å². The molecule has 0 unspecified atom stereocenters. The van der Waals surface area contributed by atoms with Gasteiger partial charge in [0.05, 0.1) is 12.8 Å². The van der Waals surface area contributed by atoms with Gasteiger partial charge in [0.15, 0.2) is 0 Å². The molecule has 1 saturated heterocycles. The zero-order valence-electron chi connectivity index (χ0n) is 17.0. The van der Waals surface area contributed by atoms with Crippen LogP contribution in [0.2, 0.25) is 0 Å². The molecule has 7 nitrogen and oxygen atoms in total. The normalized spacial score (nSPS) is 17.8. The largest absolute Gasteiger partial charge is 0.497 e. The summed E-state index contributed by atoms with van der Waals surface area (Å²) in [5.74, 6) is 1.70. The van der Waals surface area contributed by atoms with Gasteiger partial charge in [-0.1, -0.05) is 31.4 Å². The second-order valence-corrected chi connectivity index (χ2v) is 7.75. The fourth-order valence-corrected chi connectivity index (χ4v) is 4.11. The molecule has 2 aromatic rings. The lowest BCUT2D eigenvalue weighted by Gasteiger charge is -2.36. The molecule has 1 aliphatic carbocycles. The van der Waals surface area contributed by atoms with Gasteiger partial charge in [-0.05, 0) is 25.0 Å². The number of methoxy groups -OCH3 is 1. The van der Waals surface area contributed by atoms with Crippen molar-refractivity contribution in [2.24, 2.45) is 0 Å². The summed E-state index contributed by atoms with van der Waals surface area (Å²) in [4.78, 5) is 25.6. The van der Waals surface area contributed by atoms with Gasteiger partial charge < -0.3 is 19.9 Å². The van der Waals surface area contributed by atoms with Gasteiger partial charge in [0.1, 0.15) is 17.9 Å². The average molecular weight is 396 g/mol. The molecule has 154 valence electrons. The number of aromatic nitrogens is 2. The topological polar surface area (TPSA) is 70.6 Å². The highest BCUT2D eigenvalue weighted by atomic mass is 16.5. The van der Waals surface area contributed by atoms with Crippen molar-refractivity contribution in [3.05, 3.63) is 36.7 Å². The summed E-state index contributed by atoms with van der Waals surface area (Å²) in [7, 11) is 1.66. The number of urea groups is 1. The smallest absolute Gasteiger partial charge is 0.317 e. The molecule has 2 heterocycles. The van der Waals surface area contributed by atoms with Crippen molar-refractivity contribution in [3.63, 3.8) is 0 Å². The number of piperazine rings is 1. The van der Waals surface area contributed by atoms with E-state index in [1.165, 1.54) is 19.3 Å². The zero-order valence-corrected chi connectivity index (χ0v) is 17.0. The van der Waals surface area contributed by atoms with Gasteiger partial charge >= 0.3 is 6.03 Å². The molecule has 7 heteroatoms. The number of rotatable bonds is 4. The number of ether oxygens (including phenoxy) is 1. The molecule has 2 fully saturated rings. The van der Waals surface area contributed by atoms with Crippen LogP contribution in [0.1, 0.15) is 32.1 Å². The number of nitrogens with zero attached hydrogens (tertiary/aromatic N) is 4. The van der Waals surface area contributed by atoms with Crippen LogP contribution in [0.5, 0.6) is 5.75 Å². The Kier molecular flexibility index (Phi) is 6.12. The fourth-order valence-electron chi connectivity index (χ4n) is 4.11. The van der Waals surface area contributed by atoms with Crippen molar-refractivity contribution >= 4 is 11.8 Å². The van der Waals surface area contributed by atoms with Gasteiger partial charge in [0, 0.05) is 43.9 Å². The van der Waals surface area contributed by atoms with Crippen LogP contribution < -0.4 is 15.0 Å². The van der Waals surface area contributed by atoms with E-state index in [4.69, 9.17) is 4.74 Å². The molecule has 1 aromatic carbocycles. The van der Waals surface area contributed by atoms with E-state index in [2.05, 4.69) is 20.2 Å². The van der Waals surface area contributed by atoms with E-state index in [1.807, 2.05) is 35.2 Å². The van der Waals surface area contributed by atoms with Gasteiger partial charge in [-0.2, -0.15) is 0 Å². The van der Waals surface area contributed by atoms with Crippen molar-refractivity contribution in [3.8, 4) is 17.0 Å². The molecule has 1 aromatic heterocycles. The molecular formula is C22H29N5O2. The van der Waals surface area contributed by atoms with Crippen molar-refractivity contribution in [1.82, 2.24) is 20.2 Å². The Morgan fingerprint density at radius 3 is 2.62 bits per heavy atom. The molecule has 2 amide bonds. The molecular weight excluding hydrogens is 366 g/mol. The number of carbonyl (C=O) groups is 1. The predicted octanol–water partition coefficient (Wildman–Crippen LogP) is 3.32. The van der Waals surface area contributed by atoms with Gasteiger partial charge in [0.2, 0.25) is 0 Å².